The third-order valence-corrected chi connectivity index (χ3v) is 1.50. The lowest BCUT2D eigenvalue weighted by Crippen LogP contribution is -1.85. The highest BCUT2D eigenvalue weighted by Crippen LogP contribution is 2.09. The summed E-state index contributed by atoms with van der Waals surface area (Å²) in [5.41, 5.74) is 0.780. The second-order valence-corrected chi connectivity index (χ2v) is 2.26. The number of fused-ring (bicyclic) bond motifs is 1. The highest BCUT2D eigenvalue weighted by Gasteiger charge is 2.02. The number of hydrogen-bond donors (Lipinski definition) is 1. The topological polar surface area (TPSA) is 67.5 Å². The second-order valence-electron chi connectivity index (χ2n) is 2.26. The van der Waals surface area contributed by atoms with Crippen LogP contribution in [0.3, 0.4) is 0 Å². The first-order valence-electron chi connectivity index (χ1n) is 3.29. The molecule has 0 aliphatic heterocycles. The number of rotatable bonds is 1. The van der Waals surface area contributed by atoms with Crippen LogP contribution in [0.15, 0.2) is 18.5 Å². The minimum atomic E-state index is -0.173. The fourth-order valence-electron chi connectivity index (χ4n) is 0.981. The Balaban J connectivity index is 2.82. The molecule has 0 aromatic carbocycles. The summed E-state index contributed by atoms with van der Waals surface area (Å²) in [5.74, 6) is 0. The first-order chi connectivity index (χ1) is 5.81. The van der Waals surface area contributed by atoms with Crippen LogP contribution in [0.2, 0.25) is 0 Å². The molecule has 5 nitrogen and oxygen atoms in total. The van der Waals surface area contributed by atoms with Crippen molar-refractivity contribution in [3.05, 3.63) is 24.2 Å². The van der Waals surface area contributed by atoms with Gasteiger partial charge in [0, 0.05) is 12.4 Å². The molecule has 0 bridgehead atoms. The molecule has 12 heavy (non-hydrogen) atoms. The van der Waals surface area contributed by atoms with E-state index in [9.17, 15) is 9.90 Å². The maximum Gasteiger partial charge on any atom is 0.299 e. The molecule has 0 amide bonds. The van der Waals surface area contributed by atoms with Gasteiger partial charge in [-0.2, -0.15) is 0 Å². The monoisotopic (exact) mass is 163 g/mol. The Morgan fingerprint density at radius 3 is 3.08 bits per heavy atom. The molecule has 0 unspecified atom stereocenters. The van der Waals surface area contributed by atoms with Gasteiger partial charge < -0.3 is 5.11 Å². The number of carbonyl (C=O) groups excluding carboxylic acids is 1. The van der Waals surface area contributed by atoms with Gasteiger partial charge in [0.2, 0.25) is 0 Å². The first-order valence-corrected chi connectivity index (χ1v) is 3.29. The minimum Gasteiger partial charge on any atom is -0.480 e. The van der Waals surface area contributed by atoms with Crippen LogP contribution < -0.4 is 0 Å². The quantitative estimate of drug-likeness (QED) is 0.612. The van der Waals surface area contributed by atoms with E-state index in [-0.39, 0.29) is 11.7 Å². The van der Waals surface area contributed by atoms with Crippen LogP contribution in [0.1, 0.15) is 10.5 Å². The zero-order chi connectivity index (χ0) is 8.55. The largest absolute Gasteiger partial charge is 0.480 e. The zero-order valence-corrected chi connectivity index (χ0v) is 6.01. The van der Waals surface area contributed by atoms with Gasteiger partial charge in [-0.25, -0.2) is 9.97 Å². The molecule has 60 valence electrons. The van der Waals surface area contributed by atoms with Crippen molar-refractivity contribution >= 4 is 11.9 Å². The van der Waals surface area contributed by atoms with E-state index in [2.05, 4.69) is 9.97 Å². The van der Waals surface area contributed by atoms with Crippen molar-refractivity contribution in [2.75, 3.05) is 0 Å². The summed E-state index contributed by atoms with van der Waals surface area (Å²) in [5, 5.41) is 9.18. The Morgan fingerprint density at radius 1 is 1.58 bits per heavy atom. The van der Waals surface area contributed by atoms with E-state index >= 15 is 0 Å². The Morgan fingerprint density at radius 2 is 2.42 bits per heavy atom. The van der Waals surface area contributed by atoms with Gasteiger partial charge in [-0.1, -0.05) is 0 Å². The Bertz CT molecular complexity index is 435. The number of nitrogens with zero attached hydrogens (tertiary/aromatic N) is 3. The predicted octanol–water partition coefficient (Wildman–Crippen LogP) is 0.247. The SMILES string of the molecule is O=Cc1cn2c(O)nccc2n1. The summed E-state index contributed by atoms with van der Waals surface area (Å²) < 4.78 is 1.34. The Kier molecular flexibility index (Phi) is 1.30. The summed E-state index contributed by atoms with van der Waals surface area (Å²) in [4.78, 5) is 17.8. The smallest absolute Gasteiger partial charge is 0.299 e. The van der Waals surface area contributed by atoms with E-state index in [0.717, 1.165) is 0 Å². The normalized spacial score (nSPS) is 10.3. The molecule has 0 spiro atoms. The van der Waals surface area contributed by atoms with Gasteiger partial charge in [-0.05, 0) is 6.07 Å². The molecule has 0 radical (unpaired) electrons. The van der Waals surface area contributed by atoms with Crippen LogP contribution >= 0.6 is 0 Å². The van der Waals surface area contributed by atoms with Crippen LogP contribution in [0.4, 0.5) is 0 Å². The van der Waals surface area contributed by atoms with Crippen LogP contribution in [0.25, 0.3) is 5.65 Å². The second kappa shape index (κ2) is 2.30. The van der Waals surface area contributed by atoms with Crippen molar-refractivity contribution < 1.29 is 9.90 Å². The van der Waals surface area contributed by atoms with Crippen molar-refractivity contribution in [2.24, 2.45) is 0 Å². The summed E-state index contributed by atoms with van der Waals surface area (Å²) in [6.45, 7) is 0. The molecule has 0 saturated carbocycles. The van der Waals surface area contributed by atoms with Gasteiger partial charge >= 0.3 is 0 Å². The van der Waals surface area contributed by atoms with E-state index in [1.807, 2.05) is 0 Å². The molecule has 2 heterocycles. The molecule has 0 aliphatic rings. The summed E-state index contributed by atoms with van der Waals surface area (Å²) in [6.07, 6.45) is 3.46. The van der Waals surface area contributed by atoms with Crippen LogP contribution in [0, 0.1) is 0 Å². The summed E-state index contributed by atoms with van der Waals surface area (Å²) >= 11 is 0. The number of aromatic nitrogens is 3. The predicted molar refractivity (Wildman–Crippen MR) is 40.0 cm³/mol. The van der Waals surface area contributed by atoms with E-state index < -0.39 is 0 Å². The number of aldehydes is 1. The van der Waals surface area contributed by atoms with Crippen molar-refractivity contribution in [1.82, 2.24) is 14.4 Å². The van der Waals surface area contributed by atoms with Crippen molar-refractivity contribution in [3.8, 4) is 6.01 Å². The van der Waals surface area contributed by atoms with Crippen molar-refractivity contribution in [1.29, 1.82) is 0 Å². The molecular formula is C7H5N3O2. The lowest BCUT2D eigenvalue weighted by molar-refractivity contribution is 0.111. The molecule has 2 aromatic rings. The average molecular weight is 163 g/mol. The highest BCUT2D eigenvalue weighted by atomic mass is 16.3. The zero-order valence-electron chi connectivity index (χ0n) is 6.01. The number of imidazole rings is 1. The van der Waals surface area contributed by atoms with Crippen LogP contribution in [-0.2, 0) is 0 Å². The van der Waals surface area contributed by atoms with Crippen molar-refractivity contribution in [2.45, 2.75) is 0 Å². The molecular weight excluding hydrogens is 158 g/mol. The summed E-state index contributed by atoms with van der Waals surface area (Å²) in [6, 6.07) is 1.43. The van der Waals surface area contributed by atoms with Crippen LogP contribution in [-0.4, -0.2) is 25.8 Å². The lowest BCUT2D eigenvalue weighted by Gasteiger charge is -1.92. The lowest BCUT2D eigenvalue weighted by atomic mass is 10.5. The number of aromatic hydroxyl groups is 1. The highest BCUT2D eigenvalue weighted by molar-refractivity contribution is 5.73. The third kappa shape index (κ3) is 0.833. The molecule has 1 N–H and O–H groups in total. The van der Waals surface area contributed by atoms with E-state index in [0.29, 0.717) is 11.9 Å². The number of carbonyl (C=O) groups is 1. The van der Waals surface area contributed by atoms with Crippen LogP contribution in [0.5, 0.6) is 6.01 Å². The van der Waals surface area contributed by atoms with Gasteiger partial charge in [-0.3, -0.25) is 9.20 Å². The molecule has 5 heteroatoms. The maximum absolute atomic E-state index is 10.3. The van der Waals surface area contributed by atoms with E-state index in [1.54, 1.807) is 6.07 Å². The van der Waals surface area contributed by atoms with Gasteiger partial charge in [-0.15, -0.1) is 0 Å². The van der Waals surface area contributed by atoms with E-state index in [1.165, 1.54) is 16.8 Å². The minimum absolute atomic E-state index is 0.173. The third-order valence-electron chi connectivity index (χ3n) is 1.50. The molecule has 2 rings (SSSR count). The summed E-state index contributed by atoms with van der Waals surface area (Å²) in [7, 11) is 0. The van der Waals surface area contributed by atoms with Gasteiger partial charge in [0.1, 0.15) is 11.3 Å². The standard InChI is InChI=1S/C7H5N3O2/c11-4-5-3-10-6(9-5)1-2-8-7(10)12/h1-4H,(H,8,12). The van der Waals surface area contributed by atoms with E-state index in [4.69, 9.17) is 0 Å². The molecule has 2 aromatic heterocycles. The molecule has 0 fully saturated rings. The first kappa shape index (κ1) is 6.78. The molecule has 0 aliphatic carbocycles. The number of hydrogen-bond acceptors (Lipinski definition) is 4. The Labute approximate surface area is 67.3 Å². The fraction of sp³-hybridized carbons (Fsp3) is 0. The maximum atomic E-state index is 10.3. The average Bonchev–Trinajstić information content (AvgIpc) is 2.49. The Hall–Kier alpha value is -1.91. The van der Waals surface area contributed by atoms with Gasteiger partial charge in [0.25, 0.3) is 6.01 Å². The van der Waals surface area contributed by atoms with Gasteiger partial charge in [0.05, 0.1) is 0 Å². The molecule has 0 saturated heterocycles. The van der Waals surface area contributed by atoms with Gasteiger partial charge in [0.15, 0.2) is 6.29 Å². The fourth-order valence-corrected chi connectivity index (χ4v) is 0.981. The molecule has 0 atom stereocenters. The van der Waals surface area contributed by atoms with Crippen molar-refractivity contribution in [3.63, 3.8) is 0 Å².